The van der Waals surface area contributed by atoms with Crippen LogP contribution in [0.2, 0.25) is 0 Å². The number of carbonyl (C=O) groups excluding carboxylic acids is 1. The van der Waals surface area contributed by atoms with Crippen molar-refractivity contribution in [3.8, 4) is 5.75 Å². The standard InChI is InChI=1S/C27H29N5O5/c1-29-25-23(26(34)30(2)27(29)35)32(18-28-25)17-19-3-5-20(6-4-19)24(33)21-7-9-22(10-8-21)37-16-13-31-11-14-36-15-12-31/h3-10,18H,11-17H2,1-2H3. The number of aryl methyl sites for hydroxylation is 1. The van der Waals surface area contributed by atoms with Crippen molar-refractivity contribution in [2.75, 3.05) is 39.5 Å². The number of ether oxygens (including phenoxy) is 2. The minimum atomic E-state index is -0.418. The lowest BCUT2D eigenvalue weighted by Gasteiger charge is -2.26. The first-order valence-electron chi connectivity index (χ1n) is 12.2. The Kier molecular flexibility index (Phi) is 7.02. The van der Waals surface area contributed by atoms with Gasteiger partial charge in [-0.15, -0.1) is 0 Å². The van der Waals surface area contributed by atoms with Crippen LogP contribution in [-0.4, -0.2) is 68.8 Å². The highest BCUT2D eigenvalue weighted by molar-refractivity contribution is 6.09. The van der Waals surface area contributed by atoms with Crippen LogP contribution in [0.3, 0.4) is 0 Å². The van der Waals surface area contributed by atoms with E-state index >= 15 is 0 Å². The van der Waals surface area contributed by atoms with E-state index < -0.39 is 11.2 Å². The summed E-state index contributed by atoms with van der Waals surface area (Å²) in [7, 11) is 3.04. The van der Waals surface area contributed by atoms with Crippen LogP contribution < -0.4 is 16.0 Å². The van der Waals surface area contributed by atoms with Gasteiger partial charge in [0.2, 0.25) is 0 Å². The maximum absolute atomic E-state index is 13.0. The molecule has 2 aromatic heterocycles. The summed E-state index contributed by atoms with van der Waals surface area (Å²) in [6.07, 6.45) is 1.55. The average molecular weight is 504 g/mol. The van der Waals surface area contributed by atoms with Crippen LogP contribution in [0.15, 0.2) is 64.4 Å². The number of rotatable bonds is 8. The van der Waals surface area contributed by atoms with Crippen molar-refractivity contribution >= 4 is 16.9 Å². The molecule has 0 unspecified atom stereocenters. The van der Waals surface area contributed by atoms with Gasteiger partial charge in [-0.1, -0.05) is 24.3 Å². The normalized spacial score (nSPS) is 14.2. The third-order valence-corrected chi connectivity index (χ3v) is 6.68. The first kappa shape index (κ1) is 24.7. The highest BCUT2D eigenvalue weighted by Crippen LogP contribution is 2.17. The van der Waals surface area contributed by atoms with Crippen LogP contribution >= 0.6 is 0 Å². The lowest BCUT2D eigenvalue weighted by molar-refractivity contribution is 0.0322. The summed E-state index contributed by atoms with van der Waals surface area (Å²) >= 11 is 0. The summed E-state index contributed by atoms with van der Waals surface area (Å²) in [6, 6.07) is 14.5. The Labute approximate surface area is 213 Å². The van der Waals surface area contributed by atoms with Crippen LogP contribution in [0, 0.1) is 0 Å². The number of hydrogen-bond donors (Lipinski definition) is 0. The SMILES string of the molecule is Cn1c(=O)c2c(ncn2Cc2ccc(C(=O)c3ccc(OCCN4CCOCC4)cc3)cc2)n(C)c1=O. The minimum absolute atomic E-state index is 0.0802. The zero-order chi connectivity index (χ0) is 25.9. The van der Waals surface area contributed by atoms with E-state index in [0.29, 0.717) is 35.4 Å². The largest absolute Gasteiger partial charge is 0.492 e. The molecular weight excluding hydrogens is 474 g/mol. The number of aromatic nitrogens is 4. The summed E-state index contributed by atoms with van der Waals surface area (Å²) in [4.78, 5) is 44.3. The molecule has 5 rings (SSSR count). The van der Waals surface area contributed by atoms with Gasteiger partial charge in [0, 0.05) is 51.4 Å². The lowest BCUT2D eigenvalue weighted by Crippen LogP contribution is -2.38. The molecule has 0 radical (unpaired) electrons. The lowest BCUT2D eigenvalue weighted by atomic mass is 10.0. The fraction of sp³-hybridized carbons (Fsp3) is 0.333. The third kappa shape index (κ3) is 5.11. The molecule has 4 aromatic rings. The highest BCUT2D eigenvalue weighted by atomic mass is 16.5. The highest BCUT2D eigenvalue weighted by Gasteiger charge is 2.15. The summed E-state index contributed by atoms with van der Waals surface area (Å²) in [5.74, 6) is 0.653. The van der Waals surface area contributed by atoms with E-state index in [-0.39, 0.29) is 5.78 Å². The molecular formula is C27H29N5O5. The van der Waals surface area contributed by atoms with Gasteiger partial charge in [-0.3, -0.25) is 23.6 Å². The predicted molar refractivity (Wildman–Crippen MR) is 138 cm³/mol. The molecule has 1 saturated heterocycles. The first-order chi connectivity index (χ1) is 17.9. The Hall–Kier alpha value is -4.02. The molecule has 3 heterocycles. The number of fused-ring (bicyclic) bond motifs is 1. The Bertz CT molecular complexity index is 1530. The second kappa shape index (κ2) is 10.5. The minimum Gasteiger partial charge on any atom is -0.492 e. The molecule has 0 spiro atoms. The number of morpholine rings is 1. The molecule has 1 aliphatic heterocycles. The van der Waals surface area contributed by atoms with E-state index in [1.807, 2.05) is 24.3 Å². The maximum atomic E-state index is 13.0. The van der Waals surface area contributed by atoms with Gasteiger partial charge in [0.1, 0.15) is 12.4 Å². The van der Waals surface area contributed by atoms with Crippen molar-refractivity contribution in [2.45, 2.75) is 6.54 Å². The number of hydrogen-bond acceptors (Lipinski definition) is 7. The van der Waals surface area contributed by atoms with E-state index in [1.165, 1.54) is 11.6 Å². The number of nitrogens with zero attached hydrogens (tertiary/aromatic N) is 5. The van der Waals surface area contributed by atoms with Crippen molar-refractivity contribution < 1.29 is 14.3 Å². The van der Waals surface area contributed by atoms with Gasteiger partial charge in [-0.2, -0.15) is 0 Å². The Morgan fingerprint density at radius 3 is 2.27 bits per heavy atom. The van der Waals surface area contributed by atoms with Crippen LogP contribution in [0.4, 0.5) is 0 Å². The van der Waals surface area contributed by atoms with Crippen molar-refractivity contribution in [3.05, 3.63) is 92.4 Å². The second-order valence-corrected chi connectivity index (χ2v) is 9.10. The fourth-order valence-electron chi connectivity index (χ4n) is 4.46. The number of ketones is 1. The van der Waals surface area contributed by atoms with Crippen LogP contribution in [0.1, 0.15) is 21.5 Å². The molecule has 0 saturated carbocycles. The zero-order valence-corrected chi connectivity index (χ0v) is 20.9. The molecule has 0 amide bonds. The average Bonchev–Trinajstić information content (AvgIpc) is 3.35. The molecule has 1 aliphatic rings. The summed E-state index contributed by atoms with van der Waals surface area (Å²) in [5.41, 5.74) is 1.94. The van der Waals surface area contributed by atoms with Gasteiger partial charge in [0.25, 0.3) is 5.56 Å². The Morgan fingerprint density at radius 2 is 1.59 bits per heavy atom. The van der Waals surface area contributed by atoms with Crippen molar-refractivity contribution in [2.24, 2.45) is 14.1 Å². The molecule has 0 N–H and O–H groups in total. The zero-order valence-electron chi connectivity index (χ0n) is 20.9. The molecule has 37 heavy (non-hydrogen) atoms. The van der Waals surface area contributed by atoms with Crippen molar-refractivity contribution in [1.82, 2.24) is 23.6 Å². The van der Waals surface area contributed by atoms with Crippen LogP contribution in [-0.2, 0) is 25.4 Å². The van der Waals surface area contributed by atoms with Crippen molar-refractivity contribution in [3.63, 3.8) is 0 Å². The molecule has 2 aromatic carbocycles. The van der Waals surface area contributed by atoms with Gasteiger partial charge >= 0.3 is 5.69 Å². The number of carbonyl (C=O) groups is 1. The van der Waals surface area contributed by atoms with Gasteiger partial charge in [-0.05, 0) is 29.8 Å². The van der Waals surface area contributed by atoms with Crippen molar-refractivity contribution in [1.29, 1.82) is 0 Å². The summed E-state index contributed by atoms with van der Waals surface area (Å²) in [6.45, 7) is 5.19. The number of imidazole rings is 1. The molecule has 0 bridgehead atoms. The smallest absolute Gasteiger partial charge is 0.332 e. The van der Waals surface area contributed by atoms with E-state index in [0.717, 1.165) is 48.7 Å². The van der Waals surface area contributed by atoms with Crippen LogP contribution in [0.5, 0.6) is 5.75 Å². The Balaban J connectivity index is 1.23. The maximum Gasteiger partial charge on any atom is 0.332 e. The summed E-state index contributed by atoms with van der Waals surface area (Å²) in [5, 5.41) is 0. The van der Waals surface area contributed by atoms with Gasteiger partial charge in [-0.25, -0.2) is 9.78 Å². The summed E-state index contributed by atoms with van der Waals surface area (Å²) < 4.78 is 15.3. The topological polar surface area (TPSA) is 101 Å². The fourth-order valence-corrected chi connectivity index (χ4v) is 4.46. The van der Waals surface area contributed by atoms with E-state index in [2.05, 4.69) is 9.88 Å². The van der Waals surface area contributed by atoms with Gasteiger partial charge in [0.15, 0.2) is 16.9 Å². The first-order valence-corrected chi connectivity index (χ1v) is 12.2. The molecule has 0 atom stereocenters. The van der Waals surface area contributed by atoms with E-state index in [1.54, 1.807) is 42.2 Å². The van der Waals surface area contributed by atoms with Gasteiger partial charge in [0.05, 0.1) is 19.5 Å². The Morgan fingerprint density at radius 1 is 0.946 bits per heavy atom. The van der Waals surface area contributed by atoms with E-state index in [9.17, 15) is 14.4 Å². The molecule has 192 valence electrons. The quantitative estimate of drug-likeness (QED) is 0.335. The molecule has 10 nitrogen and oxygen atoms in total. The van der Waals surface area contributed by atoms with E-state index in [4.69, 9.17) is 9.47 Å². The van der Waals surface area contributed by atoms with Crippen LogP contribution in [0.25, 0.3) is 11.2 Å². The second-order valence-electron chi connectivity index (χ2n) is 9.10. The van der Waals surface area contributed by atoms with Gasteiger partial charge < -0.3 is 14.0 Å². The number of benzene rings is 2. The monoisotopic (exact) mass is 503 g/mol. The third-order valence-electron chi connectivity index (χ3n) is 6.68. The molecule has 1 fully saturated rings. The molecule has 0 aliphatic carbocycles. The molecule has 10 heteroatoms. The predicted octanol–water partition coefficient (Wildman–Crippen LogP) is 1.42.